The van der Waals surface area contributed by atoms with Gasteiger partial charge in [-0.2, -0.15) is 0 Å². The van der Waals surface area contributed by atoms with Crippen LogP contribution in [-0.4, -0.2) is 38.1 Å². The molecule has 0 fully saturated rings. The highest BCUT2D eigenvalue weighted by atomic mass is 16.5. The van der Waals surface area contributed by atoms with Crippen molar-refractivity contribution < 1.29 is 19.1 Å². The minimum absolute atomic E-state index is 0.145. The number of hydrogen-bond acceptors (Lipinski definition) is 4. The fraction of sp³-hybridized carbons (Fsp3) is 0.333. The van der Waals surface area contributed by atoms with Crippen molar-refractivity contribution in [1.29, 1.82) is 0 Å². The zero-order valence-corrected chi connectivity index (χ0v) is 15.8. The van der Waals surface area contributed by atoms with Gasteiger partial charge in [0, 0.05) is 12.6 Å². The van der Waals surface area contributed by atoms with Crippen molar-refractivity contribution in [2.45, 2.75) is 20.0 Å². The van der Waals surface area contributed by atoms with Gasteiger partial charge in [0.05, 0.1) is 18.8 Å². The fourth-order valence-corrected chi connectivity index (χ4v) is 2.86. The number of carbonyl (C=O) groups excluding carboxylic acids is 2. The number of fused-ring (bicyclic) bond motifs is 1. The molecule has 6 nitrogen and oxygen atoms in total. The number of para-hydroxylation sites is 2. The van der Waals surface area contributed by atoms with Crippen molar-refractivity contribution in [3.05, 3.63) is 54.1 Å². The number of nitrogens with zero attached hydrogens (tertiary/aromatic N) is 1. The number of amides is 2. The maximum atomic E-state index is 13.2. The molecule has 2 aromatic rings. The molecule has 0 radical (unpaired) electrons. The van der Waals surface area contributed by atoms with Crippen LogP contribution in [-0.2, 0) is 4.79 Å². The fourth-order valence-electron chi connectivity index (χ4n) is 2.86. The van der Waals surface area contributed by atoms with E-state index >= 15 is 0 Å². The smallest absolute Gasteiger partial charge is 0.262 e. The van der Waals surface area contributed by atoms with Crippen molar-refractivity contribution in [3.63, 3.8) is 0 Å². The van der Waals surface area contributed by atoms with Crippen LogP contribution in [0.5, 0.6) is 11.5 Å². The van der Waals surface area contributed by atoms with Gasteiger partial charge >= 0.3 is 0 Å². The number of ether oxygens (including phenoxy) is 2. The van der Waals surface area contributed by atoms with Gasteiger partial charge in [0.2, 0.25) is 0 Å². The highest BCUT2D eigenvalue weighted by Gasteiger charge is 2.33. The molecular formula is C21H24N2O4. The quantitative estimate of drug-likeness (QED) is 0.881. The monoisotopic (exact) mass is 368 g/mol. The standard InChI is InChI=1S/C21H24N2O4/c1-14(2)13-26-16-8-6-7-15(11-16)21(25)23-12-19(20(24)22-3)27-18-10-5-4-9-17(18)23/h4-11,14,19H,12-13H2,1-3H3,(H,22,24)/t19-/m0/s1. The maximum Gasteiger partial charge on any atom is 0.262 e. The predicted molar refractivity (Wildman–Crippen MR) is 103 cm³/mol. The number of carbonyl (C=O) groups is 2. The van der Waals surface area contributed by atoms with Crippen molar-refractivity contribution in [2.75, 3.05) is 25.1 Å². The summed E-state index contributed by atoms with van der Waals surface area (Å²) in [6, 6.07) is 14.3. The number of anilines is 1. The molecule has 0 bridgehead atoms. The molecule has 3 rings (SSSR count). The maximum absolute atomic E-state index is 13.2. The van der Waals surface area contributed by atoms with Gasteiger partial charge in [-0.1, -0.05) is 32.0 Å². The Labute approximate surface area is 159 Å². The van der Waals surface area contributed by atoms with Crippen LogP contribution >= 0.6 is 0 Å². The topological polar surface area (TPSA) is 67.9 Å². The largest absolute Gasteiger partial charge is 0.493 e. The highest BCUT2D eigenvalue weighted by Crippen LogP contribution is 2.34. The summed E-state index contributed by atoms with van der Waals surface area (Å²) in [5, 5.41) is 2.58. The van der Waals surface area contributed by atoms with E-state index < -0.39 is 6.10 Å². The molecular weight excluding hydrogens is 344 g/mol. The van der Waals surface area contributed by atoms with Gasteiger partial charge in [-0.15, -0.1) is 0 Å². The normalized spacial score (nSPS) is 15.7. The van der Waals surface area contributed by atoms with E-state index in [4.69, 9.17) is 9.47 Å². The van der Waals surface area contributed by atoms with Crippen LogP contribution < -0.4 is 19.7 Å². The number of nitrogens with one attached hydrogen (secondary N) is 1. The first kappa shape index (κ1) is 18.8. The van der Waals surface area contributed by atoms with Crippen LogP contribution in [0.1, 0.15) is 24.2 Å². The van der Waals surface area contributed by atoms with Gasteiger partial charge in [0.15, 0.2) is 6.10 Å². The molecule has 1 N–H and O–H groups in total. The Bertz CT molecular complexity index is 834. The van der Waals surface area contributed by atoms with Crippen molar-refractivity contribution in [2.24, 2.45) is 5.92 Å². The van der Waals surface area contributed by atoms with E-state index in [9.17, 15) is 9.59 Å². The summed E-state index contributed by atoms with van der Waals surface area (Å²) in [6.45, 7) is 4.86. The number of rotatable bonds is 5. The zero-order valence-electron chi connectivity index (χ0n) is 15.8. The third-order valence-electron chi connectivity index (χ3n) is 4.22. The summed E-state index contributed by atoms with van der Waals surface area (Å²) in [7, 11) is 1.55. The summed E-state index contributed by atoms with van der Waals surface area (Å²) >= 11 is 0. The SMILES string of the molecule is CNC(=O)[C@@H]1CN(C(=O)c2cccc(OCC(C)C)c2)c2ccccc2O1. The lowest BCUT2D eigenvalue weighted by molar-refractivity contribution is -0.127. The molecule has 0 saturated heterocycles. The molecule has 27 heavy (non-hydrogen) atoms. The molecule has 1 heterocycles. The average molecular weight is 368 g/mol. The second-order valence-electron chi connectivity index (χ2n) is 6.84. The van der Waals surface area contributed by atoms with Gasteiger partial charge in [0.1, 0.15) is 11.5 Å². The second kappa shape index (κ2) is 8.12. The molecule has 1 aliphatic rings. The van der Waals surface area contributed by atoms with E-state index in [0.717, 1.165) is 0 Å². The van der Waals surface area contributed by atoms with Crippen molar-refractivity contribution in [1.82, 2.24) is 5.32 Å². The Morgan fingerprint density at radius 2 is 2.00 bits per heavy atom. The second-order valence-corrected chi connectivity index (χ2v) is 6.84. The Kier molecular flexibility index (Phi) is 5.64. The van der Waals surface area contributed by atoms with Gasteiger partial charge in [-0.05, 0) is 36.2 Å². The Hall–Kier alpha value is -3.02. The summed E-state index contributed by atoms with van der Waals surface area (Å²) < 4.78 is 11.5. The third kappa shape index (κ3) is 4.22. The van der Waals surface area contributed by atoms with Crippen LogP contribution in [0.25, 0.3) is 0 Å². The summed E-state index contributed by atoms with van der Waals surface area (Å²) in [5.41, 5.74) is 1.15. The Morgan fingerprint density at radius 3 is 2.74 bits per heavy atom. The van der Waals surface area contributed by atoms with Gasteiger partial charge in [0.25, 0.3) is 11.8 Å². The lowest BCUT2D eigenvalue weighted by Gasteiger charge is -2.34. The minimum atomic E-state index is -0.755. The lowest BCUT2D eigenvalue weighted by Crippen LogP contribution is -2.50. The first-order valence-electron chi connectivity index (χ1n) is 9.01. The molecule has 0 unspecified atom stereocenters. The molecule has 1 aliphatic heterocycles. The molecule has 142 valence electrons. The molecule has 2 amide bonds. The molecule has 0 aliphatic carbocycles. The van der Waals surface area contributed by atoms with Crippen molar-refractivity contribution >= 4 is 17.5 Å². The zero-order chi connectivity index (χ0) is 19.4. The van der Waals surface area contributed by atoms with E-state index in [2.05, 4.69) is 19.2 Å². The number of likely N-dealkylation sites (N-methyl/N-ethyl adjacent to an activating group) is 1. The van der Waals surface area contributed by atoms with Gasteiger partial charge in [-0.3, -0.25) is 9.59 Å². The lowest BCUT2D eigenvalue weighted by atomic mass is 10.1. The van der Waals surface area contributed by atoms with Crippen LogP contribution in [0.4, 0.5) is 5.69 Å². The number of hydrogen-bond donors (Lipinski definition) is 1. The van der Waals surface area contributed by atoms with E-state index in [0.29, 0.717) is 35.3 Å². The van der Waals surface area contributed by atoms with E-state index in [1.165, 1.54) is 0 Å². The molecule has 0 spiro atoms. The van der Waals surface area contributed by atoms with Crippen LogP contribution in [0.3, 0.4) is 0 Å². The molecule has 2 aromatic carbocycles. The summed E-state index contributed by atoms with van der Waals surface area (Å²) in [4.78, 5) is 26.9. The van der Waals surface area contributed by atoms with E-state index in [1.54, 1.807) is 36.2 Å². The predicted octanol–water partition coefficient (Wildman–Crippen LogP) is 2.88. The van der Waals surface area contributed by atoms with Gasteiger partial charge in [-0.25, -0.2) is 0 Å². The third-order valence-corrected chi connectivity index (χ3v) is 4.22. The van der Waals surface area contributed by atoms with Crippen molar-refractivity contribution in [3.8, 4) is 11.5 Å². The van der Waals surface area contributed by atoms with Crippen LogP contribution in [0, 0.1) is 5.92 Å². The molecule has 6 heteroatoms. The summed E-state index contributed by atoms with van der Waals surface area (Å²) in [6.07, 6.45) is -0.755. The van der Waals surface area contributed by atoms with Crippen LogP contribution in [0.2, 0.25) is 0 Å². The first-order valence-corrected chi connectivity index (χ1v) is 9.01. The minimum Gasteiger partial charge on any atom is -0.493 e. The van der Waals surface area contributed by atoms with Crippen LogP contribution in [0.15, 0.2) is 48.5 Å². The van der Waals surface area contributed by atoms with E-state index in [1.807, 2.05) is 24.3 Å². The highest BCUT2D eigenvalue weighted by molar-refractivity contribution is 6.08. The van der Waals surface area contributed by atoms with Gasteiger partial charge < -0.3 is 19.7 Å². The molecule has 0 saturated carbocycles. The molecule has 1 atom stereocenters. The summed E-state index contributed by atoms with van der Waals surface area (Å²) in [5.74, 6) is 1.09. The Morgan fingerprint density at radius 1 is 1.22 bits per heavy atom. The first-order chi connectivity index (χ1) is 13.0. The average Bonchev–Trinajstić information content (AvgIpc) is 2.70. The van der Waals surface area contributed by atoms with E-state index in [-0.39, 0.29) is 18.4 Å². The Balaban J connectivity index is 1.89. The number of benzene rings is 2. The molecule has 0 aromatic heterocycles.